The summed E-state index contributed by atoms with van der Waals surface area (Å²) in [4.78, 5) is 25.1. The van der Waals surface area contributed by atoms with Gasteiger partial charge in [-0.25, -0.2) is 19.8 Å². The van der Waals surface area contributed by atoms with Gasteiger partial charge in [-0.3, -0.25) is 4.57 Å². The first kappa shape index (κ1) is 18.5. The summed E-state index contributed by atoms with van der Waals surface area (Å²) in [5.74, 6) is 0.872. The van der Waals surface area contributed by atoms with Gasteiger partial charge in [0.1, 0.15) is 25.1 Å². The van der Waals surface area contributed by atoms with E-state index < -0.39 is 32.4 Å². The maximum Gasteiger partial charge on any atom is 0.488 e. The Bertz CT molecular complexity index is 893. The van der Waals surface area contributed by atoms with Crippen LogP contribution in [0.2, 0.25) is 0 Å². The van der Waals surface area contributed by atoms with Crippen LogP contribution in [-0.4, -0.2) is 75.1 Å². The van der Waals surface area contributed by atoms with Gasteiger partial charge in [-0.1, -0.05) is 0 Å². The molecule has 0 amide bonds. The molecule has 0 spiro atoms. The Morgan fingerprint density at radius 2 is 2.04 bits per heavy atom. The standard InChI is InChI=1S/C15H21BN6O5P/c16-28(24)25-6-8-11(27-28)10(23)14(26-8)22-13-9(12(17)18-7-19-13)20-15(22)21-4-2-1-3-5-21/h7-8,10-11,14,23-24H,1-6H2,(H2,17,18,19)/q+1/t8-,10-,11-,14-,28?/m1/s1. The lowest BCUT2D eigenvalue weighted by Gasteiger charge is -2.30. The van der Waals surface area contributed by atoms with Crippen LogP contribution >= 0.6 is 7.82 Å². The number of aromatic nitrogens is 4. The Morgan fingerprint density at radius 3 is 2.82 bits per heavy atom. The first-order valence-electron chi connectivity index (χ1n) is 9.25. The zero-order valence-corrected chi connectivity index (χ0v) is 16.0. The molecule has 13 heteroatoms. The molecular weight excluding hydrogens is 386 g/mol. The zero-order valence-electron chi connectivity index (χ0n) is 15.1. The molecule has 2 radical (unpaired) electrons. The number of nitrogens with two attached hydrogens (primary N) is 1. The number of hydrogen-bond acceptors (Lipinski definition) is 10. The monoisotopic (exact) mass is 407 g/mol. The van der Waals surface area contributed by atoms with Crippen molar-refractivity contribution in [3.05, 3.63) is 6.33 Å². The van der Waals surface area contributed by atoms with Crippen molar-refractivity contribution >= 4 is 38.3 Å². The normalized spacial score (nSPS) is 36.0. The van der Waals surface area contributed by atoms with Gasteiger partial charge in [0.15, 0.2) is 29.3 Å². The number of nitrogens with zero attached hydrogens (tertiary/aromatic N) is 5. The molecule has 3 aliphatic heterocycles. The van der Waals surface area contributed by atoms with Crippen molar-refractivity contribution in [3.63, 3.8) is 0 Å². The summed E-state index contributed by atoms with van der Waals surface area (Å²) in [6, 6.07) is 0. The molecule has 11 nitrogen and oxygen atoms in total. The average Bonchev–Trinajstić information content (AvgIpc) is 3.21. The summed E-state index contributed by atoms with van der Waals surface area (Å²) < 4.78 is 18.3. The van der Waals surface area contributed by atoms with Gasteiger partial charge in [0, 0.05) is 13.1 Å². The molecule has 3 aliphatic rings. The number of nitrogen functional groups attached to an aromatic ring is 1. The highest BCUT2D eigenvalue weighted by atomic mass is 31.2. The van der Waals surface area contributed by atoms with Crippen LogP contribution in [0, 0.1) is 0 Å². The van der Waals surface area contributed by atoms with Crippen molar-refractivity contribution < 1.29 is 23.8 Å². The number of rotatable bonds is 2. The summed E-state index contributed by atoms with van der Waals surface area (Å²) >= 11 is 0. The first-order valence-corrected chi connectivity index (χ1v) is 10.9. The van der Waals surface area contributed by atoms with Crippen molar-refractivity contribution in [2.24, 2.45) is 0 Å². The van der Waals surface area contributed by atoms with Gasteiger partial charge in [-0.05, 0) is 19.3 Å². The number of piperidine rings is 1. The van der Waals surface area contributed by atoms with E-state index in [1.165, 1.54) is 6.33 Å². The molecule has 2 aromatic heterocycles. The van der Waals surface area contributed by atoms with Crippen LogP contribution in [0.5, 0.6) is 0 Å². The third-order valence-electron chi connectivity index (χ3n) is 5.39. The third kappa shape index (κ3) is 2.95. The number of imidazole rings is 1. The molecule has 3 saturated heterocycles. The second kappa shape index (κ2) is 6.75. The zero-order chi connectivity index (χ0) is 19.5. The molecule has 0 bridgehead atoms. The van der Waals surface area contributed by atoms with Crippen LogP contribution < -0.4 is 10.6 Å². The number of hydrogen-bond donors (Lipinski definition) is 3. The highest BCUT2D eigenvalue weighted by Gasteiger charge is 2.57. The fraction of sp³-hybridized carbons (Fsp3) is 0.667. The minimum Gasteiger partial charge on any atom is -0.385 e. The minimum absolute atomic E-state index is 0.0296. The Balaban J connectivity index is 1.59. The average molecular weight is 407 g/mol. The maximum atomic E-state index is 10.9. The number of fused-ring (bicyclic) bond motifs is 2. The molecule has 1 unspecified atom stereocenters. The van der Waals surface area contributed by atoms with Gasteiger partial charge in [0.05, 0.1) is 0 Å². The van der Waals surface area contributed by atoms with E-state index in [0.29, 0.717) is 17.1 Å². The lowest BCUT2D eigenvalue weighted by Crippen LogP contribution is -2.40. The fourth-order valence-electron chi connectivity index (χ4n) is 4.05. The molecule has 5 heterocycles. The quantitative estimate of drug-likeness (QED) is 0.457. The van der Waals surface area contributed by atoms with Crippen molar-refractivity contribution in [2.75, 3.05) is 30.3 Å². The Hall–Kier alpha value is -1.56. The topological polar surface area (TPSA) is 141 Å². The summed E-state index contributed by atoms with van der Waals surface area (Å²) in [5.41, 5.74) is 6.93. The molecule has 2 aromatic rings. The van der Waals surface area contributed by atoms with Crippen molar-refractivity contribution in [3.8, 4) is 0 Å². The number of anilines is 2. The largest absolute Gasteiger partial charge is 0.488 e. The number of ether oxygens (including phenoxy) is 1. The molecule has 0 aromatic carbocycles. The van der Waals surface area contributed by atoms with Gasteiger partial charge in [0.25, 0.3) is 0 Å². The van der Waals surface area contributed by atoms with Crippen LogP contribution in [0.4, 0.5) is 11.8 Å². The maximum absolute atomic E-state index is 10.9. The SMILES string of the molecule is [B][P+]1(O)OC[C@H]2O[C@@H](n3c(N4CCCCC4)nc4c(N)ncnc43)[C@H](O)[C@@H]2O1. The Labute approximate surface area is 162 Å². The predicted octanol–water partition coefficient (Wildman–Crippen LogP) is -0.0891. The van der Waals surface area contributed by atoms with Crippen LogP contribution in [-0.2, 0) is 13.8 Å². The highest BCUT2D eigenvalue weighted by molar-refractivity contribution is 7.85. The number of aliphatic hydroxyl groups is 1. The van der Waals surface area contributed by atoms with Crippen molar-refractivity contribution in [1.29, 1.82) is 0 Å². The summed E-state index contributed by atoms with van der Waals surface area (Å²) in [6.45, 7) is 1.70. The van der Waals surface area contributed by atoms with E-state index in [4.69, 9.17) is 27.1 Å². The molecule has 5 rings (SSSR count). The Kier molecular flexibility index (Phi) is 4.46. The van der Waals surface area contributed by atoms with E-state index in [0.717, 1.165) is 32.4 Å². The predicted molar refractivity (Wildman–Crippen MR) is 101 cm³/mol. The van der Waals surface area contributed by atoms with E-state index in [1.54, 1.807) is 4.57 Å². The molecule has 0 saturated carbocycles. The first-order chi connectivity index (χ1) is 13.4. The minimum atomic E-state index is -3.46. The molecule has 4 N–H and O–H groups in total. The summed E-state index contributed by atoms with van der Waals surface area (Å²) in [5, 5.41) is 10.9. The molecular formula is C15H21BN6O5P+. The fourth-order valence-corrected chi connectivity index (χ4v) is 5.08. The highest BCUT2D eigenvalue weighted by Crippen LogP contribution is 2.58. The van der Waals surface area contributed by atoms with Gasteiger partial charge >= 0.3 is 15.4 Å². The van der Waals surface area contributed by atoms with Crippen LogP contribution in [0.15, 0.2) is 6.33 Å². The van der Waals surface area contributed by atoms with Crippen molar-refractivity contribution in [2.45, 2.75) is 43.8 Å². The van der Waals surface area contributed by atoms with Crippen LogP contribution in [0.25, 0.3) is 11.2 Å². The molecule has 0 aliphatic carbocycles. The number of aliphatic hydroxyl groups excluding tert-OH is 1. The van der Waals surface area contributed by atoms with E-state index in [-0.39, 0.29) is 12.4 Å². The molecule has 28 heavy (non-hydrogen) atoms. The molecule has 3 fully saturated rings. The van der Waals surface area contributed by atoms with E-state index in [1.807, 2.05) is 0 Å². The summed E-state index contributed by atoms with van der Waals surface area (Å²) in [6.07, 6.45) is 1.29. The van der Waals surface area contributed by atoms with Crippen LogP contribution in [0.3, 0.4) is 0 Å². The molecule has 148 valence electrons. The Morgan fingerprint density at radius 1 is 1.25 bits per heavy atom. The molecule has 5 atom stereocenters. The third-order valence-corrected chi connectivity index (χ3v) is 6.45. The van der Waals surface area contributed by atoms with E-state index in [9.17, 15) is 10.00 Å². The van der Waals surface area contributed by atoms with E-state index in [2.05, 4.69) is 19.9 Å². The van der Waals surface area contributed by atoms with Crippen molar-refractivity contribution in [1.82, 2.24) is 19.5 Å². The van der Waals surface area contributed by atoms with Gasteiger partial charge in [-0.15, -0.1) is 0 Å². The summed E-state index contributed by atoms with van der Waals surface area (Å²) in [7, 11) is 2.15. The second-order valence-electron chi connectivity index (χ2n) is 7.25. The van der Waals surface area contributed by atoms with E-state index >= 15 is 0 Å². The second-order valence-corrected chi connectivity index (χ2v) is 8.84. The van der Waals surface area contributed by atoms with Gasteiger partial charge < -0.3 is 20.5 Å². The lowest BCUT2D eigenvalue weighted by atomic mass is 10.1. The van der Waals surface area contributed by atoms with Gasteiger partial charge in [-0.2, -0.15) is 9.05 Å². The lowest BCUT2D eigenvalue weighted by molar-refractivity contribution is -0.0599. The van der Waals surface area contributed by atoms with Crippen LogP contribution in [0.1, 0.15) is 25.5 Å². The van der Waals surface area contributed by atoms with Gasteiger partial charge in [0.2, 0.25) is 5.95 Å². The smallest absolute Gasteiger partial charge is 0.385 e.